The third-order valence-corrected chi connectivity index (χ3v) is 4.92. The van der Waals surface area contributed by atoms with E-state index in [2.05, 4.69) is 29.3 Å². The van der Waals surface area contributed by atoms with E-state index in [1.165, 1.54) is 0 Å². The number of carbonyl (C=O) groups excluding carboxylic acids is 2. The van der Waals surface area contributed by atoms with Gasteiger partial charge in [-0.2, -0.15) is 5.10 Å². The van der Waals surface area contributed by atoms with E-state index in [-0.39, 0.29) is 18.2 Å². The zero-order chi connectivity index (χ0) is 19.9. The van der Waals surface area contributed by atoms with Crippen molar-refractivity contribution in [3.8, 4) is 0 Å². The van der Waals surface area contributed by atoms with Crippen molar-refractivity contribution in [3.63, 3.8) is 0 Å². The third kappa shape index (κ3) is 4.79. The number of nitrogens with zero attached hydrogens (tertiary/aromatic N) is 3. The highest BCUT2D eigenvalue weighted by atomic mass is 16.3. The molecule has 3 rings (SSSR count). The van der Waals surface area contributed by atoms with Crippen LogP contribution < -0.4 is 10.3 Å². The highest BCUT2D eigenvalue weighted by Gasteiger charge is 2.34. The molecule has 1 atom stereocenters. The predicted molar refractivity (Wildman–Crippen MR) is 108 cm³/mol. The van der Waals surface area contributed by atoms with Gasteiger partial charge in [0.1, 0.15) is 5.76 Å². The van der Waals surface area contributed by atoms with E-state index in [1.807, 2.05) is 30.3 Å². The zero-order valence-electron chi connectivity index (χ0n) is 16.3. The van der Waals surface area contributed by atoms with Crippen LogP contribution in [0.4, 0.5) is 5.69 Å². The maximum atomic E-state index is 12.3. The van der Waals surface area contributed by atoms with E-state index < -0.39 is 5.92 Å². The molecule has 28 heavy (non-hydrogen) atoms. The first kappa shape index (κ1) is 19.7. The van der Waals surface area contributed by atoms with Gasteiger partial charge in [0, 0.05) is 31.7 Å². The third-order valence-electron chi connectivity index (χ3n) is 4.92. The molecule has 7 nitrogen and oxygen atoms in total. The number of rotatable bonds is 8. The molecule has 2 aromatic rings. The van der Waals surface area contributed by atoms with Crippen LogP contribution in [0.1, 0.15) is 31.6 Å². The van der Waals surface area contributed by atoms with E-state index in [0.717, 1.165) is 24.3 Å². The normalized spacial score (nSPS) is 16.7. The van der Waals surface area contributed by atoms with Gasteiger partial charge >= 0.3 is 0 Å². The van der Waals surface area contributed by atoms with Crippen molar-refractivity contribution in [1.29, 1.82) is 0 Å². The summed E-state index contributed by atoms with van der Waals surface area (Å²) in [6.45, 7) is 6.92. The van der Waals surface area contributed by atoms with Crippen LogP contribution in [0.25, 0.3) is 0 Å². The topological polar surface area (TPSA) is 78.2 Å². The van der Waals surface area contributed by atoms with Crippen LogP contribution in [0.15, 0.2) is 52.2 Å². The van der Waals surface area contributed by atoms with Crippen LogP contribution in [-0.4, -0.2) is 42.6 Å². The Kier molecular flexibility index (Phi) is 6.47. The summed E-state index contributed by atoms with van der Waals surface area (Å²) >= 11 is 0. The Morgan fingerprint density at radius 3 is 2.68 bits per heavy atom. The van der Waals surface area contributed by atoms with Crippen molar-refractivity contribution < 1.29 is 14.0 Å². The van der Waals surface area contributed by atoms with Crippen molar-refractivity contribution in [1.82, 2.24) is 10.3 Å². The minimum absolute atomic E-state index is 0.0486. The van der Waals surface area contributed by atoms with Crippen LogP contribution in [0.5, 0.6) is 0 Å². The Labute approximate surface area is 165 Å². The molecule has 1 aliphatic rings. The number of benzene rings is 1. The molecular weight excluding hydrogens is 356 g/mol. The van der Waals surface area contributed by atoms with Gasteiger partial charge in [-0.25, -0.2) is 5.43 Å². The van der Waals surface area contributed by atoms with Gasteiger partial charge in [0.05, 0.1) is 24.9 Å². The van der Waals surface area contributed by atoms with Crippen LogP contribution in [-0.2, 0) is 16.1 Å². The standard InChI is InChI=1S/C21H26N4O3/c1-3-24(4-2)18-9-7-16(8-10-18)13-22-23-21(27)17-12-20(26)25(14-17)15-19-6-5-11-28-19/h5-11,13,17H,3-4,12,14-15H2,1-2H3,(H,23,27)/b22-13+. The summed E-state index contributed by atoms with van der Waals surface area (Å²) in [5.41, 5.74) is 4.61. The van der Waals surface area contributed by atoms with Gasteiger partial charge in [-0.05, 0) is 43.7 Å². The van der Waals surface area contributed by atoms with Gasteiger partial charge in [0.15, 0.2) is 0 Å². The molecular formula is C21H26N4O3. The molecule has 2 heterocycles. The number of hydrogen-bond acceptors (Lipinski definition) is 5. The van der Waals surface area contributed by atoms with Crippen LogP contribution in [0.3, 0.4) is 0 Å². The predicted octanol–water partition coefficient (Wildman–Crippen LogP) is 2.62. The molecule has 1 N–H and O–H groups in total. The van der Waals surface area contributed by atoms with E-state index in [4.69, 9.17) is 4.42 Å². The maximum absolute atomic E-state index is 12.3. The summed E-state index contributed by atoms with van der Waals surface area (Å²) in [6.07, 6.45) is 3.38. The first-order chi connectivity index (χ1) is 13.6. The summed E-state index contributed by atoms with van der Waals surface area (Å²) in [4.78, 5) is 28.3. The Balaban J connectivity index is 1.50. The van der Waals surface area contributed by atoms with Gasteiger partial charge < -0.3 is 14.2 Å². The number of anilines is 1. The van der Waals surface area contributed by atoms with Crippen LogP contribution in [0.2, 0.25) is 0 Å². The van der Waals surface area contributed by atoms with Crippen molar-refractivity contribution in [2.75, 3.05) is 24.5 Å². The number of hydrazone groups is 1. The minimum Gasteiger partial charge on any atom is -0.467 e. The fourth-order valence-electron chi connectivity index (χ4n) is 3.31. The lowest BCUT2D eigenvalue weighted by atomic mass is 10.1. The molecule has 2 amide bonds. The molecule has 0 aliphatic carbocycles. The second kappa shape index (κ2) is 9.21. The molecule has 1 fully saturated rings. The Morgan fingerprint density at radius 2 is 2.04 bits per heavy atom. The second-order valence-corrected chi connectivity index (χ2v) is 6.75. The fraction of sp³-hybridized carbons (Fsp3) is 0.381. The highest BCUT2D eigenvalue weighted by Crippen LogP contribution is 2.20. The molecule has 0 bridgehead atoms. The summed E-state index contributed by atoms with van der Waals surface area (Å²) in [7, 11) is 0. The lowest BCUT2D eigenvalue weighted by Gasteiger charge is -2.20. The monoisotopic (exact) mass is 382 g/mol. The summed E-state index contributed by atoms with van der Waals surface area (Å²) in [6, 6.07) is 11.6. The van der Waals surface area contributed by atoms with E-state index in [1.54, 1.807) is 23.4 Å². The Morgan fingerprint density at radius 1 is 1.29 bits per heavy atom. The summed E-state index contributed by atoms with van der Waals surface area (Å²) in [5, 5.41) is 4.04. The lowest BCUT2D eigenvalue weighted by molar-refractivity contribution is -0.129. The second-order valence-electron chi connectivity index (χ2n) is 6.75. The molecule has 7 heteroatoms. The van der Waals surface area contributed by atoms with Crippen molar-refractivity contribution in [3.05, 3.63) is 54.0 Å². The first-order valence-corrected chi connectivity index (χ1v) is 9.58. The molecule has 1 unspecified atom stereocenters. The smallest absolute Gasteiger partial charge is 0.245 e. The zero-order valence-corrected chi connectivity index (χ0v) is 16.3. The van der Waals surface area contributed by atoms with Crippen molar-refractivity contribution in [2.45, 2.75) is 26.8 Å². The molecule has 0 saturated carbocycles. The largest absolute Gasteiger partial charge is 0.467 e. The summed E-state index contributed by atoms with van der Waals surface area (Å²) in [5.74, 6) is 0.0177. The van der Waals surface area contributed by atoms with Gasteiger partial charge in [0.2, 0.25) is 11.8 Å². The van der Waals surface area contributed by atoms with Gasteiger partial charge in [-0.1, -0.05) is 12.1 Å². The van der Waals surface area contributed by atoms with Crippen LogP contribution >= 0.6 is 0 Å². The van der Waals surface area contributed by atoms with Gasteiger partial charge in [-0.15, -0.1) is 0 Å². The number of amides is 2. The Hall–Kier alpha value is -3.09. The van der Waals surface area contributed by atoms with Crippen LogP contribution in [0, 0.1) is 5.92 Å². The molecule has 1 aromatic heterocycles. The average Bonchev–Trinajstić information content (AvgIpc) is 3.34. The number of carbonyl (C=O) groups is 2. The van der Waals surface area contributed by atoms with E-state index in [9.17, 15) is 9.59 Å². The minimum atomic E-state index is -0.398. The SMILES string of the molecule is CCN(CC)c1ccc(/C=N/NC(=O)C2CC(=O)N(Cc3ccco3)C2)cc1. The van der Waals surface area contributed by atoms with E-state index >= 15 is 0 Å². The van der Waals surface area contributed by atoms with Crippen molar-refractivity contribution >= 4 is 23.7 Å². The quantitative estimate of drug-likeness (QED) is 0.562. The summed E-state index contributed by atoms with van der Waals surface area (Å²) < 4.78 is 5.27. The Bertz CT molecular complexity index is 811. The molecule has 0 spiro atoms. The lowest BCUT2D eigenvalue weighted by Crippen LogP contribution is -2.30. The number of hydrogen-bond donors (Lipinski definition) is 1. The first-order valence-electron chi connectivity index (χ1n) is 9.58. The van der Waals surface area contributed by atoms with E-state index in [0.29, 0.717) is 18.8 Å². The molecule has 1 aliphatic heterocycles. The van der Waals surface area contributed by atoms with Crippen molar-refractivity contribution in [2.24, 2.45) is 11.0 Å². The molecule has 148 valence electrons. The number of furan rings is 1. The highest BCUT2D eigenvalue weighted by molar-refractivity contribution is 5.90. The average molecular weight is 382 g/mol. The molecule has 0 radical (unpaired) electrons. The number of nitrogens with one attached hydrogen (secondary N) is 1. The maximum Gasteiger partial charge on any atom is 0.245 e. The van der Waals surface area contributed by atoms with Gasteiger partial charge in [0.25, 0.3) is 0 Å². The van der Waals surface area contributed by atoms with Gasteiger partial charge in [-0.3, -0.25) is 9.59 Å². The molecule has 1 aromatic carbocycles. The number of likely N-dealkylation sites (tertiary alicyclic amines) is 1. The fourth-order valence-corrected chi connectivity index (χ4v) is 3.31. The molecule has 1 saturated heterocycles.